The van der Waals surface area contributed by atoms with Crippen LogP contribution in [0.2, 0.25) is 0 Å². The first-order valence-electron chi connectivity index (χ1n) is 19.3. The maximum Gasteiger partial charge on any atom is 0.0541 e. The average molecular weight is 713 g/mol. The van der Waals surface area contributed by atoms with Gasteiger partial charge < -0.3 is 9.13 Å². The van der Waals surface area contributed by atoms with E-state index in [9.17, 15) is 0 Å². The molecule has 0 N–H and O–H groups in total. The largest absolute Gasteiger partial charge is 0.309 e. The van der Waals surface area contributed by atoms with Gasteiger partial charge in [-0.25, -0.2) is 0 Å². The van der Waals surface area contributed by atoms with Gasteiger partial charge in [-0.3, -0.25) is 0 Å². The normalized spacial score (nSPS) is 11.6. The van der Waals surface area contributed by atoms with Crippen molar-refractivity contribution in [2.45, 2.75) is 0 Å². The summed E-state index contributed by atoms with van der Waals surface area (Å²) in [7, 11) is 0. The smallest absolute Gasteiger partial charge is 0.0541 e. The molecular formula is C54H36N2. The highest BCUT2D eigenvalue weighted by molar-refractivity contribution is 6.10. The van der Waals surface area contributed by atoms with E-state index in [1.165, 1.54) is 88.1 Å². The Labute approximate surface area is 325 Å². The van der Waals surface area contributed by atoms with Gasteiger partial charge >= 0.3 is 0 Å². The molecule has 262 valence electrons. The van der Waals surface area contributed by atoms with E-state index in [-0.39, 0.29) is 0 Å². The lowest BCUT2D eigenvalue weighted by molar-refractivity contribution is 1.18. The minimum absolute atomic E-state index is 1.16. The summed E-state index contributed by atoms with van der Waals surface area (Å²) in [6.45, 7) is 0. The predicted molar refractivity (Wildman–Crippen MR) is 237 cm³/mol. The molecule has 2 aromatic heterocycles. The van der Waals surface area contributed by atoms with Crippen molar-refractivity contribution in [1.82, 2.24) is 9.13 Å². The zero-order valence-corrected chi connectivity index (χ0v) is 30.7. The van der Waals surface area contributed by atoms with Crippen LogP contribution in [-0.2, 0) is 0 Å². The van der Waals surface area contributed by atoms with Gasteiger partial charge in [-0.1, -0.05) is 170 Å². The van der Waals surface area contributed by atoms with Gasteiger partial charge in [-0.05, 0) is 93.0 Å². The molecule has 0 radical (unpaired) electrons. The minimum atomic E-state index is 1.16. The Balaban J connectivity index is 0.909. The van der Waals surface area contributed by atoms with E-state index >= 15 is 0 Å². The van der Waals surface area contributed by atoms with Gasteiger partial charge in [0.05, 0.1) is 22.1 Å². The van der Waals surface area contributed by atoms with Crippen LogP contribution in [0.1, 0.15) is 0 Å². The van der Waals surface area contributed by atoms with Crippen molar-refractivity contribution in [3.63, 3.8) is 0 Å². The number of rotatable bonds is 6. The summed E-state index contributed by atoms with van der Waals surface area (Å²) in [5, 5.41) is 5.10. The fourth-order valence-electron chi connectivity index (χ4n) is 8.78. The molecule has 0 unspecified atom stereocenters. The standard InChI is InChI=1S/C54H36N2/c1-3-15-45(39-29-33-41(34-30-39)55-51-21-9-5-17-47(51)48-18-6-10-22-52(48)55)43(13-1)37-25-27-38(28-26-37)44-14-2-4-16-46(44)40-31-35-42(36-32-40)56-53-23-11-7-19-49(53)50-20-8-12-24-54(50)56/h1-36H. The summed E-state index contributed by atoms with van der Waals surface area (Å²) in [6, 6.07) is 79.3. The molecule has 2 heterocycles. The van der Waals surface area contributed by atoms with Gasteiger partial charge in [0.1, 0.15) is 0 Å². The van der Waals surface area contributed by atoms with E-state index < -0.39 is 0 Å². The maximum absolute atomic E-state index is 2.37. The highest BCUT2D eigenvalue weighted by atomic mass is 15.0. The van der Waals surface area contributed by atoms with Gasteiger partial charge in [-0.15, -0.1) is 0 Å². The SMILES string of the molecule is c1ccc(-c2ccc(-n3c4ccccc4c4ccccc43)cc2)c(-c2ccc(-c3ccccc3-c3ccc(-n4c5ccccc5c5ccccc54)cc3)cc2)c1. The maximum atomic E-state index is 2.37. The Morgan fingerprint density at radius 1 is 0.196 bits per heavy atom. The Hall–Kier alpha value is -7.42. The van der Waals surface area contributed by atoms with E-state index in [4.69, 9.17) is 0 Å². The number of nitrogens with zero attached hydrogens (tertiary/aromatic N) is 2. The van der Waals surface area contributed by atoms with Crippen molar-refractivity contribution < 1.29 is 0 Å². The third-order valence-corrected chi connectivity index (χ3v) is 11.4. The van der Waals surface area contributed by atoms with Crippen molar-refractivity contribution >= 4 is 43.6 Å². The molecule has 11 rings (SSSR count). The Morgan fingerprint density at radius 2 is 0.411 bits per heavy atom. The molecule has 0 saturated heterocycles. The van der Waals surface area contributed by atoms with E-state index in [1.54, 1.807) is 0 Å². The van der Waals surface area contributed by atoms with Crippen molar-refractivity contribution in [3.8, 4) is 55.9 Å². The fraction of sp³-hybridized carbons (Fsp3) is 0. The topological polar surface area (TPSA) is 9.86 Å². The first-order chi connectivity index (χ1) is 27.8. The molecule has 0 fully saturated rings. The minimum Gasteiger partial charge on any atom is -0.309 e. The molecule has 11 aromatic rings. The summed E-state index contributed by atoms with van der Waals surface area (Å²) in [5.74, 6) is 0. The lowest BCUT2D eigenvalue weighted by Crippen LogP contribution is -1.94. The predicted octanol–water partition coefficient (Wildman–Crippen LogP) is 14.5. The van der Waals surface area contributed by atoms with Gasteiger partial charge in [0, 0.05) is 32.9 Å². The van der Waals surface area contributed by atoms with Crippen molar-refractivity contribution in [2.75, 3.05) is 0 Å². The second-order valence-electron chi connectivity index (χ2n) is 14.5. The highest BCUT2D eigenvalue weighted by Gasteiger charge is 2.15. The average Bonchev–Trinajstić information content (AvgIpc) is 3.80. The van der Waals surface area contributed by atoms with Crippen LogP contribution in [0.25, 0.3) is 99.5 Å². The second kappa shape index (κ2) is 13.2. The van der Waals surface area contributed by atoms with Gasteiger partial charge in [0.15, 0.2) is 0 Å². The van der Waals surface area contributed by atoms with E-state index in [1.807, 2.05) is 0 Å². The number of fused-ring (bicyclic) bond motifs is 6. The van der Waals surface area contributed by atoms with Crippen LogP contribution in [-0.4, -0.2) is 9.13 Å². The van der Waals surface area contributed by atoms with E-state index in [2.05, 4.69) is 228 Å². The monoisotopic (exact) mass is 712 g/mol. The summed E-state index contributed by atoms with van der Waals surface area (Å²) in [5.41, 5.74) is 16.9. The number of hydrogen-bond donors (Lipinski definition) is 0. The van der Waals surface area contributed by atoms with Crippen LogP contribution < -0.4 is 0 Å². The van der Waals surface area contributed by atoms with Crippen LogP contribution in [0.5, 0.6) is 0 Å². The molecule has 9 aromatic carbocycles. The van der Waals surface area contributed by atoms with Crippen LogP contribution in [0.3, 0.4) is 0 Å². The molecule has 2 nitrogen and oxygen atoms in total. The molecule has 0 amide bonds. The second-order valence-corrected chi connectivity index (χ2v) is 14.5. The molecular weight excluding hydrogens is 677 g/mol. The van der Waals surface area contributed by atoms with Crippen molar-refractivity contribution in [3.05, 3.63) is 218 Å². The molecule has 0 aliphatic heterocycles. The van der Waals surface area contributed by atoms with Crippen molar-refractivity contribution in [2.24, 2.45) is 0 Å². The Morgan fingerprint density at radius 3 is 0.679 bits per heavy atom. The third-order valence-electron chi connectivity index (χ3n) is 11.4. The summed E-state index contributed by atoms with van der Waals surface area (Å²) >= 11 is 0. The number of benzene rings is 9. The molecule has 0 saturated carbocycles. The van der Waals surface area contributed by atoms with E-state index in [0.717, 1.165) is 11.4 Å². The molecule has 0 aliphatic carbocycles. The molecule has 0 spiro atoms. The third kappa shape index (κ3) is 5.19. The fourth-order valence-corrected chi connectivity index (χ4v) is 8.78. The zero-order valence-electron chi connectivity index (χ0n) is 30.7. The van der Waals surface area contributed by atoms with Crippen molar-refractivity contribution in [1.29, 1.82) is 0 Å². The molecule has 2 heteroatoms. The van der Waals surface area contributed by atoms with Crippen LogP contribution >= 0.6 is 0 Å². The highest BCUT2D eigenvalue weighted by Crippen LogP contribution is 2.39. The van der Waals surface area contributed by atoms with Crippen LogP contribution in [0.4, 0.5) is 0 Å². The number of aromatic nitrogens is 2. The van der Waals surface area contributed by atoms with Crippen LogP contribution in [0.15, 0.2) is 218 Å². The number of hydrogen-bond acceptors (Lipinski definition) is 0. The molecule has 0 atom stereocenters. The van der Waals surface area contributed by atoms with Crippen LogP contribution in [0, 0.1) is 0 Å². The Kier molecular flexibility index (Phi) is 7.53. The van der Waals surface area contributed by atoms with Gasteiger partial charge in [0.25, 0.3) is 0 Å². The van der Waals surface area contributed by atoms with Gasteiger partial charge in [0.2, 0.25) is 0 Å². The summed E-state index contributed by atoms with van der Waals surface area (Å²) < 4.78 is 4.74. The molecule has 0 bridgehead atoms. The first kappa shape index (κ1) is 32.0. The lowest BCUT2D eigenvalue weighted by Gasteiger charge is -2.14. The van der Waals surface area contributed by atoms with E-state index in [0.29, 0.717) is 0 Å². The first-order valence-corrected chi connectivity index (χ1v) is 19.3. The lowest BCUT2D eigenvalue weighted by atomic mass is 9.91. The zero-order chi connectivity index (χ0) is 37.0. The summed E-state index contributed by atoms with van der Waals surface area (Å²) in [4.78, 5) is 0. The molecule has 0 aliphatic rings. The molecule has 56 heavy (non-hydrogen) atoms. The summed E-state index contributed by atoms with van der Waals surface area (Å²) in [6.07, 6.45) is 0. The quantitative estimate of drug-likeness (QED) is 0.162. The Bertz CT molecular complexity index is 2890. The number of para-hydroxylation sites is 4. The van der Waals surface area contributed by atoms with Gasteiger partial charge in [-0.2, -0.15) is 0 Å².